The first kappa shape index (κ1) is 24.3. The number of aryl methyl sites for hydroxylation is 3. The van der Waals surface area contributed by atoms with Gasteiger partial charge in [0.1, 0.15) is 17.6 Å². The van der Waals surface area contributed by atoms with Crippen molar-refractivity contribution in [2.24, 2.45) is 4.99 Å². The number of rotatable bonds is 8. The number of halogens is 1. The van der Waals surface area contributed by atoms with Crippen LogP contribution in [0.25, 0.3) is 0 Å². The van der Waals surface area contributed by atoms with Crippen molar-refractivity contribution in [3.63, 3.8) is 0 Å². The Kier molecular flexibility index (Phi) is 9.26. The van der Waals surface area contributed by atoms with Crippen LogP contribution in [0, 0.1) is 13.8 Å². The minimum absolute atomic E-state index is 0. The Bertz CT molecular complexity index is 865. The Hall–Kier alpha value is -1.97. The summed E-state index contributed by atoms with van der Waals surface area (Å²) in [5, 5.41) is 11.3. The number of benzene rings is 1. The summed E-state index contributed by atoms with van der Waals surface area (Å²) < 4.78 is 13.8. The number of aliphatic imine (C=N–C) groups is 1. The van der Waals surface area contributed by atoms with Crippen molar-refractivity contribution in [1.82, 2.24) is 20.4 Å². The highest BCUT2D eigenvalue weighted by molar-refractivity contribution is 14.0. The van der Waals surface area contributed by atoms with Crippen molar-refractivity contribution in [2.75, 3.05) is 20.2 Å². The fraction of sp³-hybridized carbons (Fsp3) is 0.545. The van der Waals surface area contributed by atoms with E-state index in [1.807, 2.05) is 18.5 Å². The molecule has 1 aromatic carbocycles. The zero-order chi connectivity index (χ0) is 20.8. The highest BCUT2D eigenvalue weighted by Crippen LogP contribution is 2.35. The molecule has 2 aromatic rings. The molecule has 0 bridgehead atoms. The topological polar surface area (TPSA) is 72.7 Å². The highest BCUT2D eigenvalue weighted by atomic mass is 127. The van der Waals surface area contributed by atoms with E-state index in [0.717, 1.165) is 54.6 Å². The number of fused-ring (bicyclic) bond motifs is 1. The second kappa shape index (κ2) is 11.4. The molecular weight excluding hydrogens is 493 g/mol. The van der Waals surface area contributed by atoms with Crippen LogP contribution in [0.2, 0.25) is 0 Å². The summed E-state index contributed by atoms with van der Waals surface area (Å²) in [4.78, 5) is 4.33. The van der Waals surface area contributed by atoms with Crippen LogP contribution in [0.15, 0.2) is 23.2 Å². The molecule has 3 rings (SSSR count). The van der Waals surface area contributed by atoms with Gasteiger partial charge in [-0.1, -0.05) is 0 Å². The summed E-state index contributed by atoms with van der Waals surface area (Å²) in [5.74, 6) is 2.65. The maximum Gasteiger partial charge on any atom is 0.191 e. The Balaban J connectivity index is 0.00000320. The van der Waals surface area contributed by atoms with Crippen molar-refractivity contribution in [1.29, 1.82) is 0 Å². The van der Waals surface area contributed by atoms with Gasteiger partial charge in [0.2, 0.25) is 0 Å². The Morgan fingerprint density at radius 3 is 2.77 bits per heavy atom. The first-order valence-electron chi connectivity index (χ1n) is 10.4. The van der Waals surface area contributed by atoms with Gasteiger partial charge in [-0.2, -0.15) is 5.10 Å². The lowest BCUT2D eigenvalue weighted by molar-refractivity contribution is 0.254. The van der Waals surface area contributed by atoms with Gasteiger partial charge in [-0.15, -0.1) is 24.0 Å². The smallest absolute Gasteiger partial charge is 0.191 e. The summed E-state index contributed by atoms with van der Waals surface area (Å²) in [7, 11) is 1.79. The van der Waals surface area contributed by atoms with Crippen LogP contribution >= 0.6 is 24.0 Å². The summed E-state index contributed by atoms with van der Waals surface area (Å²) >= 11 is 0. The van der Waals surface area contributed by atoms with Gasteiger partial charge < -0.3 is 20.1 Å². The average Bonchev–Trinajstić information content (AvgIpc) is 3.20. The van der Waals surface area contributed by atoms with E-state index in [0.29, 0.717) is 13.2 Å². The van der Waals surface area contributed by atoms with E-state index >= 15 is 0 Å². The van der Waals surface area contributed by atoms with Gasteiger partial charge in [-0.3, -0.25) is 9.67 Å². The molecule has 0 saturated heterocycles. The molecule has 1 atom stereocenters. The summed E-state index contributed by atoms with van der Waals surface area (Å²) in [5.41, 5.74) is 4.55. The minimum Gasteiger partial charge on any atom is -0.494 e. The SMILES string of the molecule is CCOc1cc2c(cc1CNC(=NC)NCCCn1nc(C)cc1C)OC(C)C2.I. The van der Waals surface area contributed by atoms with E-state index < -0.39 is 0 Å². The minimum atomic E-state index is 0. The molecule has 0 aliphatic carbocycles. The third-order valence-corrected chi connectivity index (χ3v) is 4.99. The number of guanidine groups is 1. The van der Waals surface area contributed by atoms with Gasteiger partial charge in [0.05, 0.1) is 12.3 Å². The summed E-state index contributed by atoms with van der Waals surface area (Å²) in [6, 6.07) is 6.31. The lowest BCUT2D eigenvalue weighted by Gasteiger charge is -2.16. The van der Waals surface area contributed by atoms with E-state index in [1.54, 1.807) is 7.05 Å². The van der Waals surface area contributed by atoms with Crippen LogP contribution in [0.5, 0.6) is 11.5 Å². The van der Waals surface area contributed by atoms with Crippen LogP contribution in [-0.4, -0.2) is 42.0 Å². The zero-order valence-corrected chi connectivity index (χ0v) is 20.9. The van der Waals surface area contributed by atoms with Crippen LogP contribution in [-0.2, 0) is 19.5 Å². The predicted molar refractivity (Wildman–Crippen MR) is 131 cm³/mol. The molecule has 2 heterocycles. The van der Waals surface area contributed by atoms with Crippen LogP contribution in [0.3, 0.4) is 0 Å². The molecule has 0 radical (unpaired) electrons. The number of nitrogens with zero attached hydrogens (tertiary/aromatic N) is 3. The first-order chi connectivity index (χ1) is 14.0. The Morgan fingerprint density at radius 2 is 2.10 bits per heavy atom. The Labute approximate surface area is 196 Å². The second-order valence-corrected chi connectivity index (χ2v) is 7.49. The average molecular weight is 527 g/mol. The fourth-order valence-corrected chi connectivity index (χ4v) is 3.65. The summed E-state index contributed by atoms with van der Waals surface area (Å²) in [6.07, 6.45) is 2.12. The molecular formula is C22H34IN5O2. The van der Waals surface area contributed by atoms with E-state index in [-0.39, 0.29) is 30.1 Å². The van der Waals surface area contributed by atoms with Crippen LogP contribution < -0.4 is 20.1 Å². The lowest BCUT2D eigenvalue weighted by Crippen LogP contribution is -2.37. The summed E-state index contributed by atoms with van der Waals surface area (Å²) in [6.45, 7) is 11.2. The monoisotopic (exact) mass is 527 g/mol. The molecule has 0 spiro atoms. The molecule has 0 saturated carbocycles. The van der Waals surface area contributed by atoms with Gasteiger partial charge in [-0.05, 0) is 52.3 Å². The second-order valence-electron chi connectivity index (χ2n) is 7.49. The van der Waals surface area contributed by atoms with Crippen molar-refractivity contribution in [2.45, 2.75) is 59.7 Å². The largest absolute Gasteiger partial charge is 0.494 e. The van der Waals surface area contributed by atoms with Crippen molar-refractivity contribution >= 4 is 29.9 Å². The molecule has 0 amide bonds. The van der Waals surface area contributed by atoms with E-state index in [1.165, 1.54) is 11.3 Å². The molecule has 1 aromatic heterocycles. The van der Waals surface area contributed by atoms with E-state index in [9.17, 15) is 0 Å². The molecule has 30 heavy (non-hydrogen) atoms. The molecule has 8 heteroatoms. The lowest BCUT2D eigenvalue weighted by atomic mass is 10.1. The maximum absolute atomic E-state index is 5.91. The molecule has 1 unspecified atom stereocenters. The number of hydrogen-bond donors (Lipinski definition) is 2. The van der Waals surface area contributed by atoms with Gasteiger partial charge in [0.25, 0.3) is 0 Å². The molecule has 1 aliphatic heterocycles. The quantitative estimate of drug-likeness (QED) is 0.238. The van der Waals surface area contributed by atoms with Gasteiger partial charge >= 0.3 is 0 Å². The standard InChI is InChI=1S/C22H33N5O2.HI/c1-6-28-20-12-18-11-17(4)29-21(18)13-19(20)14-25-22(23-5)24-8-7-9-27-16(3)10-15(2)26-27;/h10,12-13,17H,6-9,11,14H2,1-5H3,(H2,23,24,25);1H. The van der Waals surface area contributed by atoms with Crippen molar-refractivity contribution < 1.29 is 9.47 Å². The van der Waals surface area contributed by atoms with Gasteiger partial charge in [-0.25, -0.2) is 0 Å². The number of hydrogen-bond acceptors (Lipinski definition) is 4. The number of aromatic nitrogens is 2. The first-order valence-corrected chi connectivity index (χ1v) is 10.4. The zero-order valence-electron chi connectivity index (χ0n) is 18.6. The Morgan fingerprint density at radius 1 is 1.30 bits per heavy atom. The van der Waals surface area contributed by atoms with Crippen LogP contribution in [0.1, 0.15) is 42.8 Å². The third kappa shape index (κ3) is 6.26. The molecule has 0 fully saturated rings. The van der Waals surface area contributed by atoms with Gasteiger partial charge in [0, 0.05) is 49.9 Å². The third-order valence-electron chi connectivity index (χ3n) is 4.99. The molecule has 2 N–H and O–H groups in total. The van der Waals surface area contributed by atoms with Crippen molar-refractivity contribution in [3.8, 4) is 11.5 Å². The van der Waals surface area contributed by atoms with E-state index in [4.69, 9.17) is 9.47 Å². The maximum atomic E-state index is 5.91. The predicted octanol–water partition coefficient (Wildman–Crippen LogP) is 3.60. The van der Waals surface area contributed by atoms with Crippen molar-refractivity contribution in [3.05, 3.63) is 40.7 Å². The number of nitrogens with one attached hydrogen (secondary N) is 2. The molecule has 166 valence electrons. The van der Waals surface area contributed by atoms with Gasteiger partial charge in [0.15, 0.2) is 5.96 Å². The molecule has 1 aliphatic rings. The number of ether oxygens (including phenoxy) is 2. The normalized spacial score (nSPS) is 15.2. The highest BCUT2D eigenvalue weighted by Gasteiger charge is 2.21. The molecule has 7 nitrogen and oxygen atoms in total. The van der Waals surface area contributed by atoms with Crippen LogP contribution in [0.4, 0.5) is 0 Å². The fourth-order valence-electron chi connectivity index (χ4n) is 3.65. The van der Waals surface area contributed by atoms with E-state index in [2.05, 4.69) is 52.8 Å².